The zero-order chi connectivity index (χ0) is 42.3. The minimum atomic E-state index is -1.15. The number of aliphatic hydroxyl groups is 1. The average molecular weight is 821 g/mol. The van der Waals surface area contributed by atoms with Gasteiger partial charge < -0.3 is 23.7 Å². The molecule has 4 aromatic carbocycles. The van der Waals surface area contributed by atoms with Crippen LogP contribution in [-0.2, 0) is 38.5 Å². The molecule has 5 aromatic rings. The van der Waals surface area contributed by atoms with E-state index in [1.165, 1.54) is 28.3 Å². The van der Waals surface area contributed by atoms with E-state index < -0.39 is 42.0 Å². The highest BCUT2D eigenvalue weighted by molar-refractivity contribution is 5.90. The van der Waals surface area contributed by atoms with Gasteiger partial charge in [0.1, 0.15) is 16.9 Å². The van der Waals surface area contributed by atoms with Crippen LogP contribution in [0.25, 0.3) is 11.0 Å². The molecule has 0 spiro atoms. The topological polar surface area (TPSA) is 112 Å². The largest absolute Gasteiger partial charge is 0.483 e. The fourth-order valence-corrected chi connectivity index (χ4v) is 11.0. The number of ether oxygens (including phenoxy) is 3. The van der Waals surface area contributed by atoms with Crippen molar-refractivity contribution in [3.63, 3.8) is 0 Å². The summed E-state index contributed by atoms with van der Waals surface area (Å²) in [5.74, 6) is -0.114. The predicted octanol–water partition coefficient (Wildman–Crippen LogP) is 10.8. The van der Waals surface area contributed by atoms with Crippen LogP contribution in [0.15, 0.2) is 117 Å². The maximum absolute atomic E-state index is 14.9. The first-order chi connectivity index (χ1) is 29.6. The standard InChI is InChI=1S/C53H56O8/c1-32(2)42-22-18-33-16-19-36(20-17-33)43-23-21-38(37-13-9-12-35(27-37)26-34-10-5-4-6-11-34)28-39(43)29-46(55)59-50-48-45(25-24-44-40(31-54)30-47(56)58-49(44)48)61-53(3,41-14-7-8-15-41)51(50)60-52(42)57/h4-6,9-13,16-17,19-20,24-25,27,30,38-39,41,43,50-51,54H,7-8,14-15,18,21-23,26,28-29,31H2,1-3H3/t38-,39+,43+,50+,51-,53-/m0/s1. The van der Waals surface area contributed by atoms with Crippen molar-refractivity contribution in [2.24, 2.45) is 11.8 Å². The van der Waals surface area contributed by atoms with Crippen molar-refractivity contribution in [2.45, 2.75) is 128 Å². The first-order valence-corrected chi connectivity index (χ1v) is 22.3. The molecule has 5 aliphatic rings. The van der Waals surface area contributed by atoms with Crippen molar-refractivity contribution in [1.82, 2.24) is 0 Å². The lowest BCUT2D eigenvalue weighted by molar-refractivity contribution is -0.199. The van der Waals surface area contributed by atoms with Crippen LogP contribution in [0.4, 0.5) is 0 Å². The van der Waals surface area contributed by atoms with E-state index in [1.54, 1.807) is 12.1 Å². The number of fused-ring (bicyclic) bond motifs is 11. The Morgan fingerprint density at radius 2 is 1.56 bits per heavy atom. The van der Waals surface area contributed by atoms with Crippen LogP contribution in [0.3, 0.4) is 0 Å². The van der Waals surface area contributed by atoms with Crippen LogP contribution in [-0.4, -0.2) is 28.8 Å². The number of rotatable bonds is 5. The van der Waals surface area contributed by atoms with Gasteiger partial charge in [0.25, 0.3) is 0 Å². The van der Waals surface area contributed by atoms with Gasteiger partial charge in [-0.05, 0) is 135 Å². The summed E-state index contributed by atoms with van der Waals surface area (Å²) in [5.41, 5.74) is 6.75. The van der Waals surface area contributed by atoms with E-state index in [0.717, 1.165) is 62.5 Å². The number of allylic oxidation sites excluding steroid dienone is 1. The molecule has 2 fully saturated rings. The fourth-order valence-electron chi connectivity index (χ4n) is 11.0. The molecule has 0 saturated heterocycles. The Hall–Kier alpha value is -5.47. The summed E-state index contributed by atoms with van der Waals surface area (Å²) in [6, 6.07) is 33.0. The van der Waals surface area contributed by atoms with Crippen LogP contribution >= 0.6 is 0 Å². The van der Waals surface area contributed by atoms with Gasteiger partial charge in [0.15, 0.2) is 12.2 Å². The number of hydrogen-bond acceptors (Lipinski definition) is 8. The van der Waals surface area contributed by atoms with E-state index in [4.69, 9.17) is 18.6 Å². The fraction of sp³-hybridized carbons (Fsp3) is 0.415. The highest BCUT2D eigenvalue weighted by Gasteiger charge is 2.57. The summed E-state index contributed by atoms with van der Waals surface area (Å²) in [7, 11) is 0. The molecule has 1 aromatic heterocycles. The maximum atomic E-state index is 14.9. The molecule has 0 radical (unpaired) electrons. The number of carbonyl (C=O) groups excluding carboxylic acids is 2. The van der Waals surface area contributed by atoms with E-state index in [2.05, 4.69) is 72.8 Å². The van der Waals surface area contributed by atoms with Gasteiger partial charge in [-0.1, -0.05) is 97.3 Å². The molecule has 8 nitrogen and oxygen atoms in total. The number of aliphatic hydroxyl groups excluding tert-OH is 1. The second-order valence-electron chi connectivity index (χ2n) is 18.3. The minimum Gasteiger partial charge on any atom is -0.483 e. The lowest BCUT2D eigenvalue weighted by atomic mass is 9.68. The molecular formula is C53H56O8. The van der Waals surface area contributed by atoms with Crippen LogP contribution in [0, 0.1) is 11.8 Å². The Labute approximate surface area is 357 Å². The normalized spacial score (nSPS) is 25.8. The zero-order valence-electron chi connectivity index (χ0n) is 35.5. The van der Waals surface area contributed by atoms with Crippen molar-refractivity contribution in [2.75, 3.05) is 0 Å². The van der Waals surface area contributed by atoms with Crippen LogP contribution in [0.5, 0.6) is 5.75 Å². The third-order valence-corrected chi connectivity index (χ3v) is 14.3. The Kier molecular flexibility index (Phi) is 11.5. The smallest absolute Gasteiger partial charge is 0.336 e. The first-order valence-electron chi connectivity index (χ1n) is 22.3. The summed E-state index contributed by atoms with van der Waals surface area (Å²) < 4.78 is 26.4. The molecule has 10 rings (SSSR count). The van der Waals surface area contributed by atoms with Gasteiger partial charge in [0.2, 0.25) is 0 Å². The van der Waals surface area contributed by atoms with Crippen LogP contribution in [0.2, 0.25) is 0 Å². The van der Waals surface area contributed by atoms with Crippen molar-refractivity contribution in [3.8, 4) is 5.75 Å². The Morgan fingerprint density at radius 1 is 0.787 bits per heavy atom. The molecule has 6 atom stereocenters. The SMILES string of the molecule is CC(C)=C1CCc2ccc(cc2)[C@H]2CC[C@H](c3cccc(Cc4ccccc4)c3)C[C@@H]2CC(=O)O[C@@H]2c3c(ccc4c(CO)cc(=O)oc34)O[C@@](C)(C3CCCC3)[C@H]2OC1=O. The molecule has 61 heavy (non-hydrogen) atoms. The number of benzene rings is 4. The molecule has 0 unspecified atom stereocenters. The Balaban J connectivity index is 1.14. The van der Waals surface area contributed by atoms with Gasteiger partial charge in [-0.15, -0.1) is 0 Å². The summed E-state index contributed by atoms with van der Waals surface area (Å²) >= 11 is 0. The average Bonchev–Trinajstić information content (AvgIpc) is 3.81. The number of hydrogen-bond donors (Lipinski definition) is 1. The summed E-state index contributed by atoms with van der Waals surface area (Å²) in [6.45, 7) is 5.43. The van der Waals surface area contributed by atoms with Crippen LogP contribution < -0.4 is 10.4 Å². The third kappa shape index (κ3) is 8.19. The maximum Gasteiger partial charge on any atom is 0.336 e. The van der Waals surface area contributed by atoms with Crippen molar-refractivity contribution in [3.05, 3.63) is 158 Å². The second-order valence-corrected chi connectivity index (χ2v) is 18.3. The molecule has 4 heterocycles. The molecule has 1 N–H and O–H groups in total. The van der Waals surface area contributed by atoms with Gasteiger partial charge in [0, 0.05) is 29.4 Å². The van der Waals surface area contributed by atoms with Gasteiger partial charge >= 0.3 is 17.6 Å². The highest BCUT2D eigenvalue weighted by Crippen LogP contribution is 2.53. The van der Waals surface area contributed by atoms with Crippen molar-refractivity contribution >= 4 is 22.9 Å². The van der Waals surface area contributed by atoms with E-state index in [9.17, 15) is 19.5 Å². The molecule has 3 aliphatic heterocycles. The minimum absolute atomic E-state index is 0.00554. The number of aryl methyl sites for hydroxylation is 1. The lowest BCUT2D eigenvalue weighted by Gasteiger charge is -2.48. The monoisotopic (exact) mass is 820 g/mol. The van der Waals surface area contributed by atoms with Gasteiger partial charge in [-0.25, -0.2) is 9.59 Å². The van der Waals surface area contributed by atoms with Gasteiger partial charge in [-0.2, -0.15) is 0 Å². The number of carbonyl (C=O) groups is 2. The van der Waals surface area contributed by atoms with E-state index in [1.807, 2.05) is 26.8 Å². The van der Waals surface area contributed by atoms with Gasteiger partial charge in [-0.3, -0.25) is 4.79 Å². The summed E-state index contributed by atoms with van der Waals surface area (Å²) in [6.07, 6.45) is 6.39. The van der Waals surface area contributed by atoms with E-state index in [0.29, 0.717) is 40.7 Å². The quantitative estimate of drug-likeness (QED) is 0.106. The molecule has 0 amide bonds. The zero-order valence-corrected chi connectivity index (χ0v) is 35.5. The Bertz CT molecular complexity index is 2510. The Morgan fingerprint density at radius 3 is 2.31 bits per heavy atom. The predicted molar refractivity (Wildman–Crippen MR) is 234 cm³/mol. The number of esters is 2. The lowest BCUT2D eigenvalue weighted by Crippen LogP contribution is -2.58. The van der Waals surface area contributed by atoms with Crippen LogP contribution in [0.1, 0.15) is 135 Å². The van der Waals surface area contributed by atoms with Crippen molar-refractivity contribution < 1.29 is 33.3 Å². The third-order valence-electron chi connectivity index (χ3n) is 14.3. The molecule has 2 saturated carbocycles. The van der Waals surface area contributed by atoms with E-state index in [-0.39, 0.29) is 35.7 Å². The second kappa shape index (κ2) is 17.1. The summed E-state index contributed by atoms with van der Waals surface area (Å²) in [4.78, 5) is 42.6. The summed E-state index contributed by atoms with van der Waals surface area (Å²) in [5, 5.41) is 10.8. The highest BCUT2D eigenvalue weighted by atomic mass is 16.6. The molecule has 8 heteroatoms. The first kappa shape index (κ1) is 40.9. The van der Waals surface area contributed by atoms with Gasteiger partial charge in [0.05, 0.1) is 12.2 Å². The van der Waals surface area contributed by atoms with Crippen molar-refractivity contribution in [1.29, 1.82) is 0 Å². The van der Waals surface area contributed by atoms with E-state index >= 15 is 0 Å². The molecule has 316 valence electrons. The molecular weight excluding hydrogens is 765 g/mol. The molecule has 2 bridgehead atoms. The molecule has 2 aliphatic carbocycles.